The van der Waals surface area contributed by atoms with Crippen molar-refractivity contribution in [3.05, 3.63) is 46.3 Å². The summed E-state index contributed by atoms with van der Waals surface area (Å²) in [5, 5.41) is 7.93. The van der Waals surface area contributed by atoms with Crippen molar-refractivity contribution < 1.29 is 0 Å². The predicted octanol–water partition coefficient (Wildman–Crippen LogP) is 4.68. The molecule has 0 spiro atoms. The fraction of sp³-hybridized carbons (Fsp3) is 0.143. The topological polar surface area (TPSA) is 37.8 Å². The molecule has 0 amide bonds. The van der Waals surface area contributed by atoms with E-state index in [1.807, 2.05) is 36.7 Å². The van der Waals surface area contributed by atoms with Crippen LogP contribution in [0.15, 0.2) is 40.7 Å². The zero-order chi connectivity index (χ0) is 13.9. The van der Waals surface area contributed by atoms with Gasteiger partial charge in [0.25, 0.3) is 0 Å². The molecular weight excluding hydrogens is 310 g/mol. The van der Waals surface area contributed by atoms with E-state index in [1.165, 1.54) is 0 Å². The molecule has 0 radical (unpaired) electrons. The van der Waals surface area contributed by atoms with Gasteiger partial charge in [0.15, 0.2) is 0 Å². The molecule has 0 aliphatic heterocycles. The van der Waals surface area contributed by atoms with Crippen LogP contribution in [0.4, 0.5) is 5.95 Å². The summed E-state index contributed by atoms with van der Waals surface area (Å²) in [6.45, 7) is 0. The molecule has 102 valence electrons. The summed E-state index contributed by atoms with van der Waals surface area (Å²) in [6, 6.07) is 9.96. The highest BCUT2D eigenvalue weighted by Crippen LogP contribution is 2.32. The Kier molecular flexibility index (Phi) is 4.10. The van der Waals surface area contributed by atoms with Crippen LogP contribution in [0, 0.1) is 0 Å². The maximum atomic E-state index is 6.19. The van der Waals surface area contributed by atoms with Crippen LogP contribution in [0.5, 0.6) is 0 Å². The summed E-state index contributed by atoms with van der Waals surface area (Å²) in [7, 11) is 1.83. The van der Waals surface area contributed by atoms with E-state index < -0.39 is 0 Å². The molecule has 1 N–H and O–H groups in total. The lowest BCUT2D eigenvalue weighted by atomic mass is 10.2. The van der Waals surface area contributed by atoms with E-state index in [2.05, 4.69) is 21.4 Å². The van der Waals surface area contributed by atoms with Crippen molar-refractivity contribution in [3.63, 3.8) is 0 Å². The fourth-order valence-electron chi connectivity index (χ4n) is 1.81. The smallest absolute Gasteiger partial charge is 0.224 e. The number of thioether (sulfide) groups is 1. The Bertz CT molecular complexity index is 742. The van der Waals surface area contributed by atoms with Gasteiger partial charge in [0.05, 0.1) is 0 Å². The highest BCUT2D eigenvalue weighted by atomic mass is 35.5. The number of nitrogens with zero attached hydrogens (tertiary/aromatic N) is 2. The molecule has 0 aliphatic rings. The van der Waals surface area contributed by atoms with E-state index in [0.29, 0.717) is 5.95 Å². The van der Waals surface area contributed by atoms with Gasteiger partial charge in [-0.15, -0.1) is 23.1 Å². The molecule has 0 fully saturated rings. The Morgan fingerprint density at radius 3 is 2.90 bits per heavy atom. The van der Waals surface area contributed by atoms with Crippen LogP contribution in [0.25, 0.3) is 10.2 Å². The first kappa shape index (κ1) is 13.7. The summed E-state index contributed by atoms with van der Waals surface area (Å²) in [4.78, 5) is 9.99. The van der Waals surface area contributed by atoms with Gasteiger partial charge in [-0.2, -0.15) is 0 Å². The van der Waals surface area contributed by atoms with Crippen molar-refractivity contribution in [2.24, 2.45) is 0 Å². The zero-order valence-corrected chi connectivity index (χ0v) is 13.1. The average molecular weight is 322 g/mol. The van der Waals surface area contributed by atoms with Gasteiger partial charge in [-0.25, -0.2) is 9.97 Å². The molecule has 2 aromatic heterocycles. The molecule has 0 unspecified atom stereocenters. The van der Waals surface area contributed by atoms with E-state index in [9.17, 15) is 0 Å². The van der Waals surface area contributed by atoms with Crippen molar-refractivity contribution in [2.75, 3.05) is 12.4 Å². The second-order valence-electron chi connectivity index (χ2n) is 4.12. The van der Waals surface area contributed by atoms with E-state index in [1.54, 1.807) is 23.1 Å². The number of fused-ring (bicyclic) bond motifs is 1. The maximum Gasteiger partial charge on any atom is 0.224 e. The third kappa shape index (κ3) is 2.75. The van der Waals surface area contributed by atoms with Crippen LogP contribution < -0.4 is 5.32 Å². The Morgan fingerprint density at radius 1 is 1.25 bits per heavy atom. The normalized spacial score (nSPS) is 10.9. The number of rotatable bonds is 4. The van der Waals surface area contributed by atoms with Crippen molar-refractivity contribution in [2.45, 2.75) is 10.8 Å². The quantitative estimate of drug-likeness (QED) is 0.559. The van der Waals surface area contributed by atoms with Crippen molar-refractivity contribution >= 4 is 50.9 Å². The van der Waals surface area contributed by atoms with Gasteiger partial charge >= 0.3 is 0 Å². The molecule has 6 heteroatoms. The first-order valence-corrected chi connectivity index (χ1v) is 8.31. The van der Waals surface area contributed by atoms with Crippen molar-refractivity contribution in [1.29, 1.82) is 0 Å². The Labute approximate surface area is 130 Å². The minimum atomic E-state index is 0.654. The van der Waals surface area contributed by atoms with Crippen LogP contribution in [0.1, 0.15) is 5.56 Å². The van der Waals surface area contributed by atoms with Crippen LogP contribution in [-0.4, -0.2) is 17.0 Å². The molecule has 3 rings (SSSR count). The summed E-state index contributed by atoms with van der Waals surface area (Å²) in [5.74, 6) is 1.45. The fourth-order valence-corrected chi connectivity index (χ4v) is 3.94. The van der Waals surface area contributed by atoms with Gasteiger partial charge < -0.3 is 5.32 Å². The molecule has 20 heavy (non-hydrogen) atoms. The molecular formula is C14H12ClN3S2. The SMILES string of the molecule is CNc1nc(SCc2ccccc2Cl)c2ccsc2n1. The molecule has 2 heterocycles. The maximum absolute atomic E-state index is 6.19. The third-order valence-electron chi connectivity index (χ3n) is 2.84. The molecule has 3 nitrogen and oxygen atoms in total. The third-order valence-corrected chi connectivity index (χ3v) is 5.05. The molecule has 0 saturated carbocycles. The number of aromatic nitrogens is 2. The van der Waals surface area contributed by atoms with Gasteiger partial charge in [0, 0.05) is 23.2 Å². The van der Waals surface area contributed by atoms with Crippen LogP contribution in [0.2, 0.25) is 5.02 Å². The standard InChI is InChI=1S/C14H12ClN3S2/c1-16-14-17-12-10(6-7-19-12)13(18-14)20-8-9-4-2-3-5-11(9)15/h2-7H,8H2,1H3,(H,16,17,18). The summed E-state index contributed by atoms with van der Waals surface area (Å²) < 4.78 is 0. The second-order valence-corrected chi connectivity index (χ2v) is 6.39. The molecule has 1 aromatic carbocycles. The average Bonchev–Trinajstić information content (AvgIpc) is 2.94. The monoisotopic (exact) mass is 321 g/mol. The number of halogens is 1. The number of benzene rings is 1. The highest BCUT2D eigenvalue weighted by molar-refractivity contribution is 7.98. The van der Waals surface area contributed by atoms with Crippen molar-refractivity contribution in [3.8, 4) is 0 Å². The minimum absolute atomic E-state index is 0.654. The van der Waals surface area contributed by atoms with E-state index in [-0.39, 0.29) is 0 Å². The summed E-state index contributed by atoms with van der Waals surface area (Å²) in [5.41, 5.74) is 1.12. The Balaban J connectivity index is 1.90. The summed E-state index contributed by atoms with van der Waals surface area (Å²) in [6.07, 6.45) is 0. The van der Waals surface area contributed by atoms with E-state index >= 15 is 0 Å². The highest BCUT2D eigenvalue weighted by Gasteiger charge is 2.10. The molecule has 3 aromatic rings. The molecule has 0 saturated heterocycles. The van der Waals surface area contributed by atoms with Gasteiger partial charge in [-0.1, -0.05) is 29.8 Å². The lowest BCUT2D eigenvalue weighted by Crippen LogP contribution is -1.97. The number of hydrogen-bond acceptors (Lipinski definition) is 5. The van der Waals surface area contributed by atoms with Gasteiger partial charge in [0.1, 0.15) is 9.86 Å². The van der Waals surface area contributed by atoms with Crippen LogP contribution in [0.3, 0.4) is 0 Å². The number of hydrogen-bond donors (Lipinski definition) is 1. The predicted molar refractivity (Wildman–Crippen MR) is 88.0 cm³/mol. The lowest BCUT2D eigenvalue weighted by molar-refractivity contribution is 1.10. The zero-order valence-electron chi connectivity index (χ0n) is 10.8. The minimum Gasteiger partial charge on any atom is -0.357 e. The lowest BCUT2D eigenvalue weighted by Gasteiger charge is -2.06. The molecule has 0 aliphatic carbocycles. The van der Waals surface area contributed by atoms with Gasteiger partial charge in [-0.3, -0.25) is 0 Å². The molecule has 0 bridgehead atoms. The second kappa shape index (κ2) is 5.99. The number of anilines is 1. The van der Waals surface area contributed by atoms with Crippen molar-refractivity contribution in [1.82, 2.24) is 9.97 Å². The Morgan fingerprint density at radius 2 is 2.10 bits per heavy atom. The van der Waals surface area contributed by atoms with Gasteiger partial charge in [-0.05, 0) is 23.1 Å². The number of thiophene rings is 1. The Hall–Kier alpha value is -1.30. The first-order valence-electron chi connectivity index (χ1n) is 6.07. The van der Waals surface area contributed by atoms with Crippen LogP contribution in [-0.2, 0) is 5.75 Å². The number of nitrogens with one attached hydrogen (secondary N) is 1. The summed E-state index contributed by atoms with van der Waals surface area (Å²) >= 11 is 9.50. The van der Waals surface area contributed by atoms with E-state index in [0.717, 1.165) is 31.6 Å². The molecule has 0 atom stereocenters. The largest absolute Gasteiger partial charge is 0.357 e. The van der Waals surface area contributed by atoms with Gasteiger partial charge in [0.2, 0.25) is 5.95 Å². The first-order chi connectivity index (χ1) is 9.78. The van der Waals surface area contributed by atoms with Crippen LogP contribution >= 0.6 is 34.7 Å². The van der Waals surface area contributed by atoms with E-state index in [4.69, 9.17) is 11.6 Å².